The third-order valence-electron chi connectivity index (χ3n) is 3.34. The Morgan fingerprint density at radius 2 is 1.64 bits per heavy atom. The summed E-state index contributed by atoms with van der Waals surface area (Å²) in [6.07, 6.45) is 4.88. The Balaban J connectivity index is 2.53. The molecule has 4 nitrogen and oxygen atoms in total. The quantitative estimate of drug-likeness (QED) is 0.724. The molecule has 2 N–H and O–H groups in total. The lowest BCUT2D eigenvalue weighted by atomic mass is 9.95. The highest BCUT2D eigenvalue weighted by molar-refractivity contribution is 5.96. The number of anilines is 2. The molecule has 0 atom stereocenters. The van der Waals surface area contributed by atoms with Crippen molar-refractivity contribution >= 4 is 23.2 Å². The van der Waals surface area contributed by atoms with Gasteiger partial charge in [-0.25, -0.2) is 0 Å². The molecule has 2 amide bonds. The van der Waals surface area contributed by atoms with E-state index in [9.17, 15) is 9.59 Å². The van der Waals surface area contributed by atoms with Crippen LogP contribution in [0.15, 0.2) is 24.3 Å². The van der Waals surface area contributed by atoms with Crippen molar-refractivity contribution in [3.63, 3.8) is 0 Å². The largest absolute Gasteiger partial charge is 0.326 e. The highest BCUT2D eigenvalue weighted by Crippen LogP contribution is 2.20. The Morgan fingerprint density at radius 3 is 2.23 bits per heavy atom. The molecule has 0 aliphatic carbocycles. The Labute approximate surface area is 133 Å². The Bertz CT molecular complexity index is 504. The summed E-state index contributed by atoms with van der Waals surface area (Å²) in [6, 6.07) is 7.26. The van der Waals surface area contributed by atoms with Crippen LogP contribution in [-0.2, 0) is 9.59 Å². The van der Waals surface area contributed by atoms with Gasteiger partial charge in [0.15, 0.2) is 0 Å². The zero-order valence-corrected chi connectivity index (χ0v) is 14.2. The number of carbonyl (C=O) groups is 2. The summed E-state index contributed by atoms with van der Waals surface area (Å²) in [5.74, 6) is -0.0223. The van der Waals surface area contributed by atoms with Gasteiger partial charge in [-0.3, -0.25) is 9.59 Å². The van der Waals surface area contributed by atoms with Gasteiger partial charge in [-0.1, -0.05) is 53.0 Å². The molecule has 0 aliphatic heterocycles. The molecule has 22 heavy (non-hydrogen) atoms. The van der Waals surface area contributed by atoms with E-state index in [1.54, 1.807) is 6.07 Å². The molecule has 1 aromatic carbocycles. The smallest absolute Gasteiger partial charge is 0.229 e. The molecule has 0 saturated carbocycles. The molecular weight excluding hydrogens is 276 g/mol. The predicted octanol–water partition coefficient (Wildman–Crippen LogP) is 4.58. The highest BCUT2D eigenvalue weighted by Gasteiger charge is 2.21. The Hall–Kier alpha value is -1.84. The molecule has 4 heteroatoms. The molecule has 0 aliphatic rings. The number of amides is 2. The van der Waals surface area contributed by atoms with E-state index in [1.807, 2.05) is 39.0 Å². The molecule has 0 aromatic heterocycles. The fourth-order valence-electron chi connectivity index (χ4n) is 1.93. The van der Waals surface area contributed by atoms with Crippen molar-refractivity contribution in [3.05, 3.63) is 24.3 Å². The van der Waals surface area contributed by atoms with Crippen molar-refractivity contribution in [2.75, 3.05) is 10.6 Å². The summed E-state index contributed by atoms with van der Waals surface area (Å²) in [5.41, 5.74) is 0.967. The molecule has 0 fully saturated rings. The van der Waals surface area contributed by atoms with Gasteiger partial charge < -0.3 is 10.6 Å². The number of rotatable bonds is 7. The van der Waals surface area contributed by atoms with E-state index < -0.39 is 5.41 Å². The normalized spacial score (nSPS) is 11.1. The summed E-state index contributed by atoms with van der Waals surface area (Å²) >= 11 is 0. The third-order valence-corrected chi connectivity index (χ3v) is 3.34. The molecule has 1 rings (SSSR count). The first-order valence-corrected chi connectivity index (χ1v) is 8.04. The van der Waals surface area contributed by atoms with E-state index in [0.29, 0.717) is 17.8 Å². The van der Waals surface area contributed by atoms with Gasteiger partial charge in [0, 0.05) is 23.2 Å². The molecule has 0 spiro atoms. The minimum Gasteiger partial charge on any atom is -0.326 e. The van der Waals surface area contributed by atoms with E-state index >= 15 is 0 Å². The molecule has 0 heterocycles. The summed E-state index contributed by atoms with van der Waals surface area (Å²) in [4.78, 5) is 23.8. The second-order valence-electron chi connectivity index (χ2n) is 6.64. The fraction of sp³-hybridized carbons (Fsp3) is 0.556. The van der Waals surface area contributed by atoms with Crippen molar-refractivity contribution < 1.29 is 9.59 Å². The van der Waals surface area contributed by atoms with Crippen molar-refractivity contribution in [1.82, 2.24) is 0 Å². The summed E-state index contributed by atoms with van der Waals surface area (Å²) in [5, 5.41) is 5.75. The van der Waals surface area contributed by atoms with E-state index in [1.165, 1.54) is 6.42 Å². The number of nitrogens with one attached hydrogen (secondary N) is 2. The maximum Gasteiger partial charge on any atom is 0.229 e. The molecule has 122 valence electrons. The van der Waals surface area contributed by atoms with Crippen LogP contribution < -0.4 is 10.6 Å². The molecule has 0 saturated heterocycles. The first-order valence-electron chi connectivity index (χ1n) is 8.04. The number of unbranched alkanes of at least 4 members (excludes halogenated alkanes) is 3. The van der Waals surface area contributed by atoms with Crippen LogP contribution >= 0.6 is 0 Å². The number of benzene rings is 1. The summed E-state index contributed by atoms with van der Waals surface area (Å²) < 4.78 is 0. The minimum absolute atomic E-state index is 0.0235. The van der Waals surface area contributed by atoms with Crippen molar-refractivity contribution in [3.8, 4) is 0 Å². The standard InChI is InChI=1S/C18H28N2O2/c1-5-6-7-8-12-16(21)19-14-10-9-11-15(13-14)20-17(22)18(2,3)4/h9-11,13H,5-8,12H2,1-4H3,(H,19,21)(H,20,22). The van der Waals surface area contributed by atoms with Gasteiger partial charge in [0.2, 0.25) is 11.8 Å². The molecule has 0 bridgehead atoms. The molecule has 0 unspecified atom stereocenters. The van der Waals surface area contributed by atoms with Gasteiger partial charge in [-0.05, 0) is 24.6 Å². The Kier molecular flexibility index (Phi) is 7.09. The summed E-state index contributed by atoms with van der Waals surface area (Å²) in [6.45, 7) is 7.75. The average molecular weight is 304 g/mol. The summed E-state index contributed by atoms with van der Waals surface area (Å²) in [7, 11) is 0. The first kappa shape index (κ1) is 18.2. The number of carbonyl (C=O) groups excluding carboxylic acids is 2. The zero-order chi connectivity index (χ0) is 16.6. The van der Waals surface area contributed by atoms with Gasteiger partial charge in [-0.15, -0.1) is 0 Å². The van der Waals surface area contributed by atoms with Crippen LogP contribution in [-0.4, -0.2) is 11.8 Å². The van der Waals surface area contributed by atoms with E-state index in [2.05, 4.69) is 17.6 Å². The van der Waals surface area contributed by atoms with Crippen LogP contribution in [0.25, 0.3) is 0 Å². The van der Waals surface area contributed by atoms with Gasteiger partial charge in [-0.2, -0.15) is 0 Å². The SMILES string of the molecule is CCCCCCC(=O)Nc1cccc(NC(=O)C(C)(C)C)c1. The lowest BCUT2D eigenvalue weighted by Crippen LogP contribution is -2.27. The second-order valence-corrected chi connectivity index (χ2v) is 6.64. The number of hydrogen-bond donors (Lipinski definition) is 2. The second kappa shape index (κ2) is 8.57. The van der Waals surface area contributed by atoms with E-state index in [0.717, 1.165) is 19.3 Å². The predicted molar refractivity (Wildman–Crippen MR) is 91.9 cm³/mol. The topological polar surface area (TPSA) is 58.2 Å². The van der Waals surface area contributed by atoms with Crippen molar-refractivity contribution in [2.24, 2.45) is 5.41 Å². The zero-order valence-electron chi connectivity index (χ0n) is 14.2. The van der Waals surface area contributed by atoms with Crippen LogP contribution in [0.3, 0.4) is 0 Å². The van der Waals surface area contributed by atoms with Crippen LogP contribution in [0.2, 0.25) is 0 Å². The van der Waals surface area contributed by atoms with Crippen LogP contribution in [0.4, 0.5) is 11.4 Å². The van der Waals surface area contributed by atoms with Gasteiger partial charge in [0.25, 0.3) is 0 Å². The van der Waals surface area contributed by atoms with Crippen LogP contribution in [0.5, 0.6) is 0 Å². The minimum atomic E-state index is -0.446. The maximum absolute atomic E-state index is 12.0. The van der Waals surface area contributed by atoms with Crippen molar-refractivity contribution in [2.45, 2.75) is 59.8 Å². The van der Waals surface area contributed by atoms with Crippen LogP contribution in [0.1, 0.15) is 59.8 Å². The molecular formula is C18H28N2O2. The first-order chi connectivity index (χ1) is 10.3. The maximum atomic E-state index is 12.0. The fourth-order valence-corrected chi connectivity index (χ4v) is 1.93. The van der Waals surface area contributed by atoms with Gasteiger partial charge in [0.1, 0.15) is 0 Å². The van der Waals surface area contributed by atoms with E-state index in [4.69, 9.17) is 0 Å². The third kappa shape index (κ3) is 6.74. The van der Waals surface area contributed by atoms with E-state index in [-0.39, 0.29) is 11.8 Å². The monoisotopic (exact) mass is 304 g/mol. The van der Waals surface area contributed by atoms with Crippen molar-refractivity contribution in [1.29, 1.82) is 0 Å². The lowest BCUT2D eigenvalue weighted by molar-refractivity contribution is -0.123. The molecule has 0 radical (unpaired) electrons. The van der Waals surface area contributed by atoms with Gasteiger partial charge >= 0.3 is 0 Å². The molecule has 1 aromatic rings. The Morgan fingerprint density at radius 1 is 1.00 bits per heavy atom. The lowest BCUT2D eigenvalue weighted by Gasteiger charge is -2.18. The average Bonchev–Trinajstić information content (AvgIpc) is 2.43. The van der Waals surface area contributed by atoms with Gasteiger partial charge in [0.05, 0.1) is 0 Å². The number of hydrogen-bond acceptors (Lipinski definition) is 2. The van der Waals surface area contributed by atoms with Crippen LogP contribution in [0, 0.1) is 5.41 Å². The highest BCUT2D eigenvalue weighted by atomic mass is 16.2.